The Bertz CT molecular complexity index is 366. The third kappa shape index (κ3) is 1.87. The third-order valence-electron chi connectivity index (χ3n) is 1.76. The molecule has 0 aliphatic heterocycles. The average Bonchev–Trinajstić information content (AvgIpc) is 2.45. The molecule has 0 aliphatic carbocycles. The lowest BCUT2D eigenvalue weighted by molar-refractivity contribution is 0.395. The number of oxazole rings is 1. The Balaban J connectivity index is 3.22. The topological polar surface area (TPSA) is 53.1 Å². The molecule has 1 aromatic rings. The zero-order valence-corrected chi connectivity index (χ0v) is 9.25. The molecule has 0 radical (unpaired) electrons. The van der Waals surface area contributed by atoms with Crippen LogP contribution in [0.15, 0.2) is 4.42 Å². The van der Waals surface area contributed by atoms with Crippen molar-refractivity contribution in [3.8, 4) is 6.07 Å². The van der Waals surface area contributed by atoms with Gasteiger partial charge in [0.25, 0.3) is 0 Å². The van der Waals surface area contributed by atoms with Crippen LogP contribution in [0.5, 0.6) is 0 Å². The molecule has 0 aromatic carbocycles. The van der Waals surface area contributed by atoms with Crippen LogP contribution in [-0.4, -0.2) is 19.1 Å². The molecule has 0 saturated carbocycles. The van der Waals surface area contributed by atoms with Crippen LogP contribution in [0.2, 0.25) is 0 Å². The van der Waals surface area contributed by atoms with Gasteiger partial charge in [-0.2, -0.15) is 10.2 Å². The molecule has 0 amide bonds. The van der Waals surface area contributed by atoms with E-state index in [1.807, 2.05) is 40.9 Å². The zero-order chi connectivity index (χ0) is 10.9. The molecule has 4 heteroatoms. The van der Waals surface area contributed by atoms with Gasteiger partial charge in [0.2, 0.25) is 17.5 Å². The lowest BCUT2D eigenvalue weighted by Gasteiger charge is -2.13. The summed E-state index contributed by atoms with van der Waals surface area (Å²) in [6.45, 7) is 6.00. The Morgan fingerprint density at radius 2 is 1.93 bits per heavy atom. The Kier molecular flexibility index (Phi) is 2.52. The number of rotatable bonds is 1. The van der Waals surface area contributed by atoms with Crippen LogP contribution in [0.25, 0.3) is 0 Å². The van der Waals surface area contributed by atoms with E-state index in [4.69, 9.17) is 9.68 Å². The number of nitrogens with zero attached hydrogens (tertiary/aromatic N) is 3. The highest BCUT2D eigenvalue weighted by molar-refractivity contribution is 5.46. The summed E-state index contributed by atoms with van der Waals surface area (Å²) in [6.07, 6.45) is 0. The van der Waals surface area contributed by atoms with E-state index in [2.05, 4.69) is 4.98 Å². The smallest absolute Gasteiger partial charge is 0.234 e. The largest absolute Gasteiger partial charge is 0.423 e. The Morgan fingerprint density at radius 1 is 1.36 bits per heavy atom. The average molecular weight is 193 g/mol. The SMILES string of the molecule is CN(C)c1oc(C(C)(C)C)nc1C#N. The Hall–Kier alpha value is -1.50. The fourth-order valence-electron chi connectivity index (χ4n) is 1.01. The molecule has 1 rings (SSSR count). The predicted octanol–water partition coefficient (Wildman–Crippen LogP) is 1.91. The van der Waals surface area contributed by atoms with Gasteiger partial charge in [0, 0.05) is 19.5 Å². The summed E-state index contributed by atoms with van der Waals surface area (Å²) in [4.78, 5) is 5.90. The minimum atomic E-state index is -0.167. The van der Waals surface area contributed by atoms with E-state index in [1.165, 1.54) is 0 Å². The first kappa shape index (κ1) is 10.6. The molecular weight excluding hydrogens is 178 g/mol. The maximum absolute atomic E-state index is 8.85. The Morgan fingerprint density at radius 3 is 2.21 bits per heavy atom. The molecule has 0 aliphatic rings. The second kappa shape index (κ2) is 3.33. The molecule has 14 heavy (non-hydrogen) atoms. The van der Waals surface area contributed by atoms with Gasteiger partial charge >= 0.3 is 0 Å². The maximum atomic E-state index is 8.85. The van der Waals surface area contributed by atoms with Gasteiger partial charge in [-0.1, -0.05) is 20.8 Å². The monoisotopic (exact) mass is 193 g/mol. The number of anilines is 1. The summed E-state index contributed by atoms with van der Waals surface area (Å²) < 4.78 is 5.52. The van der Waals surface area contributed by atoms with E-state index in [0.29, 0.717) is 17.5 Å². The van der Waals surface area contributed by atoms with E-state index in [0.717, 1.165) is 0 Å². The first-order valence-electron chi connectivity index (χ1n) is 4.45. The number of hydrogen-bond donors (Lipinski definition) is 0. The highest BCUT2D eigenvalue weighted by atomic mass is 16.4. The van der Waals surface area contributed by atoms with Gasteiger partial charge in [0.05, 0.1) is 0 Å². The lowest BCUT2D eigenvalue weighted by atomic mass is 9.97. The van der Waals surface area contributed by atoms with Crippen molar-refractivity contribution in [3.05, 3.63) is 11.6 Å². The summed E-state index contributed by atoms with van der Waals surface area (Å²) in [5.41, 5.74) is 0.180. The summed E-state index contributed by atoms with van der Waals surface area (Å²) in [5, 5.41) is 8.85. The zero-order valence-electron chi connectivity index (χ0n) is 9.25. The van der Waals surface area contributed by atoms with Gasteiger partial charge in [0.1, 0.15) is 6.07 Å². The molecule has 0 unspecified atom stereocenters. The molecule has 76 valence electrons. The fourth-order valence-corrected chi connectivity index (χ4v) is 1.01. The van der Waals surface area contributed by atoms with E-state index >= 15 is 0 Å². The van der Waals surface area contributed by atoms with Crippen LogP contribution in [0.1, 0.15) is 32.4 Å². The van der Waals surface area contributed by atoms with Gasteiger partial charge in [-0.25, -0.2) is 0 Å². The molecule has 0 atom stereocenters. The van der Waals surface area contributed by atoms with Crippen molar-refractivity contribution in [2.75, 3.05) is 19.0 Å². The van der Waals surface area contributed by atoms with Gasteiger partial charge in [-0.3, -0.25) is 0 Å². The number of hydrogen-bond acceptors (Lipinski definition) is 4. The fraction of sp³-hybridized carbons (Fsp3) is 0.600. The van der Waals surface area contributed by atoms with Crippen molar-refractivity contribution in [3.63, 3.8) is 0 Å². The minimum absolute atomic E-state index is 0.167. The van der Waals surface area contributed by atoms with Crippen LogP contribution < -0.4 is 4.90 Å². The summed E-state index contributed by atoms with van der Waals surface area (Å²) in [5.74, 6) is 1.12. The van der Waals surface area contributed by atoms with Crippen LogP contribution in [0.4, 0.5) is 5.88 Å². The summed E-state index contributed by atoms with van der Waals surface area (Å²) in [7, 11) is 3.65. The van der Waals surface area contributed by atoms with Gasteiger partial charge < -0.3 is 9.32 Å². The standard InChI is InChI=1S/C10H15N3O/c1-10(2,3)9-12-7(6-11)8(14-9)13(4)5/h1-5H3. The molecular formula is C10H15N3O. The van der Waals surface area contributed by atoms with E-state index < -0.39 is 0 Å². The molecule has 0 spiro atoms. The van der Waals surface area contributed by atoms with Gasteiger partial charge in [0.15, 0.2) is 0 Å². The van der Waals surface area contributed by atoms with Crippen LogP contribution >= 0.6 is 0 Å². The third-order valence-corrected chi connectivity index (χ3v) is 1.76. The Labute approximate surface area is 84.2 Å². The molecule has 4 nitrogen and oxygen atoms in total. The second-order valence-corrected chi connectivity index (χ2v) is 4.43. The lowest BCUT2D eigenvalue weighted by Crippen LogP contribution is -2.11. The highest BCUT2D eigenvalue weighted by Crippen LogP contribution is 2.27. The first-order chi connectivity index (χ1) is 6.36. The first-order valence-corrected chi connectivity index (χ1v) is 4.45. The summed E-state index contributed by atoms with van der Waals surface area (Å²) in [6, 6.07) is 2.02. The van der Waals surface area contributed by atoms with Crippen LogP contribution in [0.3, 0.4) is 0 Å². The maximum Gasteiger partial charge on any atom is 0.234 e. The predicted molar refractivity (Wildman–Crippen MR) is 54.2 cm³/mol. The molecule has 1 aromatic heterocycles. The minimum Gasteiger partial charge on any atom is -0.423 e. The van der Waals surface area contributed by atoms with Gasteiger partial charge in [-0.05, 0) is 0 Å². The van der Waals surface area contributed by atoms with E-state index in [-0.39, 0.29) is 5.41 Å². The van der Waals surface area contributed by atoms with E-state index in [9.17, 15) is 0 Å². The molecule has 1 heterocycles. The van der Waals surface area contributed by atoms with E-state index in [1.54, 1.807) is 4.90 Å². The van der Waals surface area contributed by atoms with Crippen LogP contribution in [-0.2, 0) is 5.41 Å². The van der Waals surface area contributed by atoms with Crippen LogP contribution in [0, 0.1) is 11.3 Å². The van der Waals surface area contributed by atoms with Gasteiger partial charge in [-0.15, -0.1) is 0 Å². The van der Waals surface area contributed by atoms with Crippen molar-refractivity contribution in [1.29, 1.82) is 5.26 Å². The number of aromatic nitrogens is 1. The molecule has 0 bridgehead atoms. The van der Waals surface area contributed by atoms with Crippen molar-refractivity contribution >= 4 is 5.88 Å². The van der Waals surface area contributed by atoms with Crippen molar-refractivity contribution in [1.82, 2.24) is 4.98 Å². The molecule has 0 fully saturated rings. The normalized spacial score (nSPS) is 11.1. The van der Waals surface area contributed by atoms with Crippen molar-refractivity contribution < 1.29 is 4.42 Å². The molecule has 0 saturated heterocycles. The molecule has 0 N–H and O–H groups in total. The highest BCUT2D eigenvalue weighted by Gasteiger charge is 2.24. The van der Waals surface area contributed by atoms with Crippen molar-refractivity contribution in [2.45, 2.75) is 26.2 Å². The van der Waals surface area contributed by atoms with Crippen molar-refractivity contribution in [2.24, 2.45) is 0 Å². The summed E-state index contributed by atoms with van der Waals surface area (Å²) >= 11 is 0. The number of nitriles is 1. The second-order valence-electron chi connectivity index (χ2n) is 4.43. The quantitative estimate of drug-likeness (QED) is 0.683.